The van der Waals surface area contributed by atoms with E-state index in [-0.39, 0.29) is 12.1 Å². The van der Waals surface area contributed by atoms with Crippen LogP contribution < -0.4 is 5.32 Å². The molecule has 1 heterocycles. The minimum absolute atomic E-state index is 0.103. The van der Waals surface area contributed by atoms with Gasteiger partial charge >= 0.3 is 6.03 Å². The molecular formula is C19H26N4OS. The first kappa shape index (κ1) is 17.9. The Hall–Kier alpha value is -1.95. The van der Waals surface area contributed by atoms with Gasteiger partial charge in [0.15, 0.2) is 0 Å². The lowest BCUT2D eigenvalue weighted by molar-refractivity contribution is 0.193. The van der Waals surface area contributed by atoms with Crippen LogP contribution in [0.1, 0.15) is 62.4 Å². The Morgan fingerprint density at radius 2 is 1.92 bits per heavy atom. The molecule has 2 aromatic rings. The monoisotopic (exact) mass is 358 g/mol. The highest BCUT2D eigenvalue weighted by atomic mass is 32.1. The second-order valence-corrected chi connectivity index (χ2v) is 7.93. The maximum Gasteiger partial charge on any atom is 0.324 e. The van der Waals surface area contributed by atoms with Crippen LogP contribution in [0.15, 0.2) is 30.3 Å². The molecule has 0 aliphatic heterocycles. The molecule has 0 atom stereocenters. The van der Waals surface area contributed by atoms with Crippen molar-refractivity contribution in [1.82, 2.24) is 15.1 Å². The number of urea groups is 1. The molecule has 1 aliphatic carbocycles. The summed E-state index contributed by atoms with van der Waals surface area (Å²) in [7, 11) is 0. The lowest BCUT2D eigenvalue weighted by atomic mass is 9.90. The van der Waals surface area contributed by atoms with Crippen molar-refractivity contribution in [3.05, 3.63) is 40.9 Å². The molecule has 1 aromatic carbocycles. The predicted molar refractivity (Wildman–Crippen MR) is 102 cm³/mol. The third-order valence-electron chi connectivity index (χ3n) is 4.69. The van der Waals surface area contributed by atoms with Crippen LogP contribution >= 0.6 is 11.3 Å². The van der Waals surface area contributed by atoms with Crippen molar-refractivity contribution in [3.8, 4) is 0 Å². The number of nitrogens with zero attached hydrogens (tertiary/aromatic N) is 3. The largest absolute Gasteiger partial charge is 0.324 e. The topological polar surface area (TPSA) is 58.1 Å². The first-order valence-electron chi connectivity index (χ1n) is 9.08. The second kappa shape index (κ2) is 8.43. The summed E-state index contributed by atoms with van der Waals surface area (Å²) in [5, 5.41) is 13.1. The molecule has 3 rings (SSSR count). The predicted octanol–water partition coefficient (Wildman–Crippen LogP) is 5.03. The molecule has 0 radical (unpaired) electrons. The van der Waals surface area contributed by atoms with E-state index in [1.54, 1.807) is 0 Å². The molecule has 1 N–H and O–H groups in total. The van der Waals surface area contributed by atoms with Gasteiger partial charge in [-0.3, -0.25) is 5.32 Å². The summed E-state index contributed by atoms with van der Waals surface area (Å²) in [6, 6.07) is 10.0. The van der Waals surface area contributed by atoms with Gasteiger partial charge in [-0.15, -0.1) is 10.2 Å². The first-order valence-corrected chi connectivity index (χ1v) is 9.90. The van der Waals surface area contributed by atoms with E-state index in [9.17, 15) is 4.79 Å². The first-order chi connectivity index (χ1) is 12.1. The quantitative estimate of drug-likeness (QED) is 0.815. The normalized spacial score (nSPS) is 15.3. The van der Waals surface area contributed by atoms with Gasteiger partial charge in [-0.05, 0) is 32.3 Å². The number of carbonyl (C=O) groups is 1. The molecule has 25 heavy (non-hydrogen) atoms. The average molecular weight is 359 g/mol. The number of nitrogens with one attached hydrogen (secondary N) is 1. The molecule has 0 saturated heterocycles. The van der Waals surface area contributed by atoms with Gasteiger partial charge in [0.25, 0.3) is 0 Å². The van der Waals surface area contributed by atoms with Crippen molar-refractivity contribution in [2.24, 2.45) is 0 Å². The van der Waals surface area contributed by atoms with Gasteiger partial charge in [-0.2, -0.15) is 0 Å². The van der Waals surface area contributed by atoms with Crippen molar-refractivity contribution < 1.29 is 4.79 Å². The SMILES string of the molecule is CC(C)N(Cc1ccccc1)C(=O)Nc1nnc(C2CCCCC2)s1. The summed E-state index contributed by atoms with van der Waals surface area (Å²) in [6.07, 6.45) is 6.24. The van der Waals surface area contributed by atoms with E-state index in [4.69, 9.17) is 0 Å². The van der Waals surface area contributed by atoms with E-state index in [0.717, 1.165) is 10.6 Å². The third-order valence-corrected chi connectivity index (χ3v) is 5.69. The number of hydrogen-bond donors (Lipinski definition) is 1. The Morgan fingerprint density at radius 3 is 2.60 bits per heavy atom. The molecule has 0 bridgehead atoms. The molecular weight excluding hydrogens is 332 g/mol. The summed E-state index contributed by atoms with van der Waals surface area (Å²) >= 11 is 1.52. The van der Waals surface area contributed by atoms with Crippen LogP contribution in [0.2, 0.25) is 0 Å². The summed E-state index contributed by atoms with van der Waals surface area (Å²) in [4.78, 5) is 14.5. The number of carbonyl (C=O) groups excluding carboxylic acids is 1. The second-order valence-electron chi connectivity index (χ2n) is 6.92. The van der Waals surface area contributed by atoms with Gasteiger partial charge in [0.2, 0.25) is 5.13 Å². The zero-order valence-electron chi connectivity index (χ0n) is 14.9. The number of anilines is 1. The van der Waals surface area contributed by atoms with Crippen molar-refractivity contribution in [2.45, 2.75) is 64.5 Å². The van der Waals surface area contributed by atoms with Gasteiger partial charge in [0.1, 0.15) is 5.01 Å². The number of rotatable bonds is 5. The molecule has 134 valence electrons. The summed E-state index contributed by atoms with van der Waals surface area (Å²) in [6.45, 7) is 4.63. The Balaban J connectivity index is 1.64. The van der Waals surface area contributed by atoms with Crippen LogP contribution in [0.5, 0.6) is 0 Å². The number of hydrogen-bond acceptors (Lipinski definition) is 4. The lowest BCUT2D eigenvalue weighted by Crippen LogP contribution is -2.39. The van der Waals surface area contributed by atoms with Gasteiger partial charge < -0.3 is 4.90 Å². The van der Waals surface area contributed by atoms with Gasteiger partial charge in [0.05, 0.1) is 0 Å². The van der Waals surface area contributed by atoms with Crippen LogP contribution in [0, 0.1) is 0 Å². The highest BCUT2D eigenvalue weighted by Crippen LogP contribution is 2.35. The third kappa shape index (κ3) is 4.78. The zero-order valence-corrected chi connectivity index (χ0v) is 15.8. The van der Waals surface area contributed by atoms with E-state index in [2.05, 4.69) is 15.5 Å². The minimum Gasteiger partial charge on any atom is -0.318 e. The average Bonchev–Trinajstić information content (AvgIpc) is 3.09. The standard InChI is InChI=1S/C19H26N4OS/c1-14(2)23(13-15-9-5-3-6-10-15)19(24)20-18-22-21-17(25-18)16-11-7-4-8-12-16/h3,5-6,9-10,14,16H,4,7-8,11-13H2,1-2H3,(H,20,22,24). The Labute approximate surface area is 153 Å². The Kier molecular flexibility index (Phi) is 6.02. The Morgan fingerprint density at radius 1 is 1.20 bits per heavy atom. The number of amides is 2. The number of aromatic nitrogens is 2. The molecule has 1 aromatic heterocycles. The minimum atomic E-state index is -0.120. The smallest absolute Gasteiger partial charge is 0.318 e. The number of benzene rings is 1. The fraction of sp³-hybridized carbons (Fsp3) is 0.526. The molecule has 0 spiro atoms. The molecule has 0 unspecified atom stereocenters. The van der Waals surface area contributed by atoms with Crippen LogP contribution in [0.3, 0.4) is 0 Å². The van der Waals surface area contributed by atoms with Crippen molar-refractivity contribution >= 4 is 22.5 Å². The van der Waals surface area contributed by atoms with Gasteiger partial charge in [-0.1, -0.05) is 60.9 Å². The molecule has 6 heteroatoms. The van der Waals surface area contributed by atoms with Gasteiger partial charge in [-0.25, -0.2) is 4.79 Å². The van der Waals surface area contributed by atoms with E-state index >= 15 is 0 Å². The molecule has 5 nitrogen and oxygen atoms in total. The van der Waals surface area contributed by atoms with Crippen molar-refractivity contribution in [1.29, 1.82) is 0 Å². The lowest BCUT2D eigenvalue weighted by Gasteiger charge is -2.26. The van der Waals surface area contributed by atoms with E-state index in [1.807, 2.05) is 49.1 Å². The maximum atomic E-state index is 12.7. The highest BCUT2D eigenvalue weighted by Gasteiger charge is 2.22. The maximum absolute atomic E-state index is 12.7. The van der Waals surface area contributed by atoms with Crippen LogP contribution in [-0.2, 0) is 6.54 Å². The van der Waals surface area contributed by atoms with Crippen LogP contribution in [0.25, 0.3) is 0 Å². The van der Waals surface area contributed by atoms with Crippen molar-refractivity contribution in [3.63, 3.8) is 0 Å². The fourth-order valence-electron chi connectivity index (χ4n) is 3.23. The zero-order chi connectivity index (χ0) is 17.6. The summed E-state index contributed by atoms with van der Waals surface area (Å²) in [5.41, 5.74) is 1.12. The van der Waals surface area contributed by atoms with E-state index in [0.29, 0.717) is 17.6 Å². The fourth-order valence-corrected chi connectivity index (χ4v) is 4.13. The van der Waals surface area contributed by atoms with E-state index < -0.39 is 0 Å². The molecule has 2 amide bonds. The Bertz CT molecular complexity index is 680. The summed E-state index contributed by atoms with van der Waals surface area (Å²) in [5.74, 6) is 0.516. The summed E-state index contributed by atoms with van der Waals surface area (Å²) < 4.78 is 0. The van der Waals surface area contributed by atoms with Crippen molar-refractivity contribution in [2.75, 3.05) is 5.32 Å². The highest BCUT2D eigenvalue weighted by molar-refractivity contribution is 7.15. The molecule has 1 saturated carbocycles. The van der Waals surface area contributed by atoms with Crippen LogP contribution in [0.4, 0.5) is 9.93 Å². The van der Waals surface area contributed by atoms with Gasteiger partial charge in [0, 0.05) is 18.5 Å². The molecule has 1 fully saturated rings. The van der Waals surface area contributed by atoms with E-state index in [1.165, 1.54) is 43.4 Å². The van der Waals surface area contributed by atoms with Crippen LogP contribution in [-0.4, -0.2) is 27.2 Å². The molecule has 1 aliphatic rings.